The minimum Gasteiger partial charge on any atom is -0.481 e. The Morgan fingerprint density at radius 3 is 2.31 bits per heavy atom. The summed E-state index contributed by atoms with van der Waals surface area (Å²) < 4.78 is 0. The van der Waals surface area contributed by atoms with Crippen molar-refractivity contribution in [1.29, 1.82) is 0 Å². The van der Waals surface area contributed by atoms with Gasteiger partial charge in [0, 0.05) is 12.2 Å². The van der Waals surface area contributed by atoms with E-state index in [2.05, 4.69) is 11.4 Å². The van der Waals surface area contributed by atoms with Crippen LogP contribution in [0.25, 0.3) is 0 Å². The molecular weight excluding hydrogens is 202 g/mol. The molecule has 3 nitrogen and oxygen atoms in total. The van der Waals surface area contributed by atoms with E-state index in [0.29, 0.717) is 6.54 Å². The van der Waals surface area contributed by atoms with Gasteiger partial charge in [-0.15, -0.1) is 0 Å². The van der Waals surface area contributed by atoms with E-state index in [4.69, 9.17) is 5.11 Å². The molecule has 0 spiro atoms. The fourth-order valence-electron chi connectivity index (χ4n) is 1.97. The molecule has 1 aliphatic rings. The number of anilines is 1. The number of benzene rings is 1. The van der Waals surface area contributed by atoms with E-state index in [9.17, 15) is 4.79 Å². The number of aryl methyl sites for hydroxylation is 2. The van der Waals surface area contributed by atoms with Gasteiger partial charge >= 0.3 is 5.97 Å². The Hall–Kier alpha value is -1.51. The molecule has 2 N–H and O–H groups in total. The summed E-state index contributed by atoms with van der Waals surface area (Å²) >= 11 is 0. The largest absolute Gasteiger partial charge is 0.481 e. The number of rotatable bonds is 4. The van der Waals surface area contributed by atoms with Crippen LogP contribution in [0.1, 0.15) is 24.0 Å². The van der Waals surface area contributed by atoms with Crippen molar-refractivity contribution in [2.75, 3.05) is 11.9 Å². The molecule has 16 heavy (non-hydrogen) atoms. The van der Waals surface area contributed by atoms with Crippen LogP contribution in [0.5, 0.6) is 0 Å². The smallest absolute Gasteiger partial charge is 0.311 e. The molecule has 1 aromatic rings. The third-order valence-electron chi connectivity index (χ3n) is 3.16. The second-order valence-corrected chi connectivity index (χ2v) is 4.82. The molecule has 0 aliphatic heterocycles. The van der Waals surface area contributed by atoms with Crippen molar-refractivity contribution < 1.29 is 9.90 Å². The topological polar surface area (TPSA) is 49.3 Å². The van der Waals surface area contributed by atoms with Crippen LogP contribution < -0.4 is 5.32 Å². The Morgan fingerprint density at radius 1 is 1.31 bits per heavy atom. The lowest BCUT2D eigenvalue weighted by Gasteiger charge is -2.13. The second kappa shape index (κ2) is 3.81. The Labute approximate surface area is 95.5 Å². The fraction of sp³-hybridized carbons (Fsp3) is 0.462. The summed E-state index contributed by atoms with van der Waals surface area (Å²) in [5, 5.41) is 12.3. The lowest BCUT2D eigenvalue weighted by atomic mass is 10.1. The van der Waals surface area contributed by atoms with Gasteiger partial charge in [-0.25, -0.2) is 0 Å². The van der Waals surface area contributed by atoms with Crippen LogP contribution >= 0.6 is 0 Å². The van der Waals surface area contributed by atoms with E-state index < -0.39 is 11.4 Å². The normalized spacial score (nSPS) is 16.9. The summed E-state index contributed by atoms with van der Waals surface area (Å²) in [5.41, 5.74) is 2.91. The molecule has 0 bridgehead atoms. The number of aliphatic carboxylic acids is 1. The Bertz CT molecular complexity index is 402. The van der Waals surface area contributed by atoms with Crippen LogP contribution in [0.15, 0.2) is 18.2 Å². The molecule has 0 heterocycles. The van der Waals surface area contributed by atoms with Crippen molar-refractivity contribution in [1.82, 2.24) is 0 Å². The molecule has 1 aliphatic carbocycles. The molecule has 0 unspecified atom stereocenters. The van der Waals surface area contributed by atoms with Gasteiger partial charge in [0.15, 0.2) is 0 Å². The Balaban J connectivity index is 2.02. The average Bonchev–Trinajstić information content (AvgIpc) is 2.94. The van der Waals surface area contributed by atoms with Gasteiger partial charge in [0.2, 0.25) is 0 Å². The Morgan fingerprint density at radius 2 is 1.88 bits per heavy atom. The van der Waals surface area contributed by atoms with Crippen LogP contribution in [0.4, 0.5) is 5.69 Å². The summed E-state index contributed by atoms with van der Waals surface area (Å²) in [5.74, 6) is -0.677. The Kier molecular flexibility index (Phi) is 2.62. The minimum atomic E-state index is -0.677. The monoisotopic (exact) mass is 219 g/mol. The van der Waals surface area contributed by atoms with Gasteiger partial charge < -0.3 is 10.4 Å². The van der Waals surface area contributed by atoms with Crippen molar-refractivity contribution >= 4 is 11.7 Å². The van der Waals surface area contributed by atoms with Gasteiger partial charge in [-0.05, 0) is 49.9 Å². The fourth-order valence-corrected chi connectivity index (χ4v) is 1.97. The molecule has 1 aromatic carbocycles. The van der Waals surface area contributed by atoms with Crippen LogP contribution in [-0.2, 0) is 4.79 Å². The minimum absolute atomic E-state index is 0.502. The van der Waals surface area contributed by atoms with Gasteiger partial charge in [0.25, 0.3) is 0 Å². The molecule has 86 valence electrons. The van der Waals surface area contributed by atoms with Gasteiger partial charge in [-0.3, -0.25) is 4.79 Å². The maximum absolute atomic E-state index is 11.0. The number of nitrogens with one attached hydrogen (secondary N) is 1. The van der Waals surface area contributed by atoms with Crippen molar-refractivity contribution in [3.63, 3.8) is 0 Å². The lowest BCUT2D eigenvalue weighted by Crippen LogP contribution is -2.24. The van der Waals surface area contributed by atoms with E-state index in [0.717, 1.165) is 18.5 Å². The standard InChI is InChI=1S/C13H17NO2/c1-9-5-10(2)7-11(6-9)14-8-13(3-4-13)12(15)16/h5-7,14H,3-4,8H2,1-2H3,(H,15,16). The molecule has 0 aromatic heterocycles. The molecule has 0 atom stereocenters. The molecular formula is C13H17NO2. The summed E-state index contributed by atoms with van der Waals surface area (Å²) in [6.45, 7) is 4.62. The number of carboxylic acids is 1. The van der Waals surface area contributed by atoms with Crippen LogP contribution in [0, 0.1) is 19.3 Å². The molecule has 0 radical (unpaired) electrons. The zero-order chi connectivity index (χ0) is 11.8. The van der Waals surface area contributed by atoms with Crippen molar-refractivity contribution in [2.24, 2.45) is 5.41 Å². The quantitative estimate of drug-likeness (QED) is 0.818. The van der Waals surface area contributed by atoms with E-state index >= 15 is 0 Å². The number of hydrogen-bond acceptors (Lipinski definition) is 2. The molecule has 2 rings (SSSR count). The summed E-state index contributed by atoms with van der Waals surface area (Å²) in [4.78, 5) is 11.0. The molecule has 1 saturated carbocycles. The first kappa shape index (κ1) is 11.0. The van der Waals surface area contributed by atoms with Gasteiger partial charge in [0.1, 0.15) is 0 Å². The first-order valence-corrected chi connectivity index (χ1v) is 5.57. The SMILES string of the molecule is Cc1cc(C)cc(NCC2(C(=O)O)CC2)c1. The van der Waals surface area contributed by atoms with E-state index in [1.54, 1.807) is 0 Å². The summed E-state index contributed by atoms with van der Waals surface area (Å²) in [6.07, 6.45) is 1.58. The molecule has 3 heteroatoms. The third-order valence-corrected chi connectivity index (χ3v) is 3.16. The predicted octanol–water partition coefficient (Wildman–Crippen LogP) is 2.58. The lowest BCUT2D eigenvalue weighted by molar-refractivity contribution is -0.142. The second-order valence-electron chi connectivity index (χ2n) is 4.82. The van der Waals surface area contributed by atoms with E-state index in [-0.39, 0.29) is 0 Å². The first-order chi connectivity index (χ1) is 7.52. The molecule has 0 saturated heterocycles. The predicted molar refractivity (Wildman–Crippen MR) is 63.7 cm³/mol. The zero-order valence-electron chi connectivity index (χ0n) is 9.71. The molecule has 0 amide bonds. The van der Waals surface area contributed by atoms with Crippen molar-refractivity contribution in [3.8, 4) is 0 Å². The zero-order valence-corrected chi connectivity index (χ0v) is 9.71. The maximum atomic E-state index is 11.0. The third kappa shape index (κ3) is 2.18. The first-order valence-electron chi connectivity index (χ1n) is 5.57. The molecule has 1 fully saturated rings. The van der Waals surface area contributed by atoms with Crippen LogP contribution in [0.2, 0.25) is 0 Å². The highest BCUT2D eigenvalue weighted by Gasteiger charge is 2.49. The number of carboxylic acid groups (broad SMARTS) is 1. The van der Waals surface area contributed by atoms with Crippen molar-refractivity contribution in [2.45, 2.75) is 26.7 Å². The van der Waals surface area contributed by atoms with Gasteiger partial charge in [0.05, 0.1) is 5.41 Å². The van der Waals surface area contributed by atoms with E-state index in [1.165, 1.54) is 11.1 Å². The van der Waals surface area contributed by atoms with Crippen molar-refractivity contribution in [3.05, 3.63) is 29.3 Å². The summed E-state index contributed by atoms with van der Waals surface area (Å²) in [6, 6.07) is 6.20. The maximum Gasteiger partial charge on any atom is 0.311 e. The van der Waals surface area contributed by atoms with Gasteiger partial charge in [-0.2, -0.15) is 0 Å². The highest BCUT2D eigenvalue weighted by molar-refractivity contribution is 5.78. The van der Waals surface area contributed by atoms with E-state index in [1.807, 2.05) is 26.0 Å². The van der Waals surface area contributed by atoms with Gasteiger partial charge in [-0.1, -0.05) is 6.07 Å². The number of carbonyl (C=O) groups is 1. The van der Waals surface area contributed by atoms with Crippen LogP contribution in [-0.4, -0.2) is 17.6 Å². The highest BCUT2D eigenvalue weighted by atomic mass is 16.4. The highest BCUT2D eigenvalue weighted by Crippen LogP contribution is 2.45. The number of hydrogen-bond donors (Lipinski definition) is 2. The summed E-state index contributed by atoms with van der Waals surface area (Å²) in [7, 11) is 0. The van der Waals surface area contributed by atoms with Crippen LogP contribution in [0.3, 0.4) is 0 Å². The average molecular weight is 219 g/mol.